The number of anilines is 2. The first-order valence-corrected chi connectivity index (χ1v) is 9.57. The molecule has 1 N–H and O–H groups in total. The molecule has 0 heterocycles. The maximum Gasteiger partial charge on any atom is 0.255 e. The zero-order valence-corrected chi connectivity index (χ0v) is 15.8. The first-order valence-electron chi connectivity index (χ1n) is 6.59. The quantitative estimate of drug-likeness (QED) is 0.822. The van der Waals surface area contributed by atoms with Crippen LogP contribution in [0.3, 0.4) is 0 Å². The van der Waals surface area contributed by atoms with E-state index in [1.165, 1.54) is 25.2 Å². The van der Waals surface area contributed by atoms with E-state index in [1.54, 1.807) is 18.2 Å². The maximum atomic E-state index is 12.4. The monoisotopic (exact) mass is 406 g/mol. The lowest BCUT2D eigenvalue weighted by Crippen LogP contribution is -2.25. The van der Waals surface area contributed by atoms with Gasteiger partial charge in [0.1, 0.15) is 0 Å². The topological polar surface area (TPSA) is 66.5 Å². The molecule has 0 aromatic heterocycles. The van der Waals surface area contributed by atoms with Crippen molar-refractivity contribution < 1.29 is 13.2 Å². The van der Waals surface area contributed by atoms with Gasteiger partial charge < -0.3 is 5.32 Å². The summed E-state index contributed by atoms with van der Waals surface area (Å²) in [6.07, 6.45) is 1.05. The van der Waals surface area contributed by atoms with Crippen molar-refractivity contribution >= 4 is 62.1 Å². The van der Waals surface area contributed by atoms with E-state index in [0.717, 1.165) is 10.6 Å². The summed E-state index contributed by atoms with van der Waals surface area (Å²) in [5.74, 6) is -0.451. The van der Waals surface area contributed by atoms with Gasteiger partial charge in [-0.25, -0.2) is 8.42 Å². The Bertz CT molecular complexity index is 881. The van der Waals surface area contributed by atoms with Gasteiger partial charge in [0.25, 0.3) is 5.91 Å². The first-order chi connectivity index (χ1) is 11.1. The van der Waals surface area contributed by atoms with Crippen molar-refractivity contribution in [2.24, 2.45) is 0 Å². The van der Waals surface area contributed by atoms with E-state index in [4.69, 9.17) is 34.8 Å². The van der Waals surface area contributed by atoms with Crippen LogP contribution in [0.4, 0.5) is 11.4 Å². The minimum atomic E-state index is -3.51. The summed E-state index contributed by atoms with van der Waals surface area (Å²) in [4.78, 5) is 12.4. The van der Waals surface area contributed by atoms with Gasteiger partial charge in [-0.3, -0.25) is 9.10 Å². The molecule has 24 heavy (non-hydrogen) atoms. The molecule has 0 spiro atoms. The molecule has 2 rings (SSSR count). The van der Waals surface area contributed by atoms with Gasteiger partial charge in [0.2, 0.25) is 10.0 Å². The molecule has 0 saturated heterocycles. The zero-order valence-electron chi connectivity index (χ0n) is 12.7. The lowest BCUT2D eigenvalue weighted by atomic mass is 10.2. The summed E-state index contributed by atoms with van der Waals surface area (Å²) >= 11 is 17.8. The largest absolute Gasteiger partial charge is 0.322 e. The number of hydrogen-bond donors (Lipinski definition) is 1. The Morgan fingerprint density at radius 3 is 2.17 bits per heavy atom. The van der Waals surface area contributed by atoms with Crippen molar-refractivity contribution in [2.75, 3.05) is 22.9 Å². The number of amides is 1. The van der Waals surface area contributed by atoms with Crippen LogP contribution in [0.2, 0.25) is 15.1 Å². The molecule has 2 aromatic rings. The second kappa shape index (κ2) is 7.19. The molecular formula is C15H13Cl3N2O3S. The molecule has 5 nitrogen and oxygen atoms in total. The van der Waals surface area contributed by atoms with E-state index in [-0.39, 0.29) is 16.3 Å². The average molecular weight is 408 g/mol. The fourth-order valence-corrected chi connectivity index (χ4v) is 3.23. The average Bonchev–Trinajstić information content (AvgIpc) is 2.44. The number of carbonyl (C=O) groups excluding carboxylic acids is 1. The van der Waals surface area contributed by atoms with E-state index in [0.29, 0.717) is 15.7 Å². The molecule has 0 fully saturated rings. The second-order valence-corrected chi connectivity index (χ2v) is 8.30. The fourth-order valence-electron chi connectivity index (χ4n) is 1.90. The highest BCUT2D eigenvalue weighted by Crippen LogP contribution is 2.28. The number of nitrogens with zero attached hydrogens (tertiary/aromatic N) is 1. The van der Waals surface area contributed by atoms with Crippen LogP contribution in [-0.4, -0.2) is 27.6 Å². The first kappa shape index (κ1) is 18.9. The third-order valence-electron chi connectivity index (χ3n) is 3.17. The van der Waals surface area contributed by atoms with Crippen LogP contribution in [0.15, 0.2) is 36.4 Å². The number of benzene rings is 2. The van der Waals surface area contributed by atoms with Crippen LogP contribution in [0.1, 0.15) is 10.4 Å². The molecule has 9 heteroatoms. The second-order valence-electron chi connectivity index (χ2n) is 5.01. The summed E-state index contributed by atoms with van der Waals surface area (Å²) in [5, 5.41) is 3.62. The SMILES string of the molecule is CN(c1cc(C(=O)Nc2cc(Cl)cc(Cl)c2)ccc1Cl)S(C)(=O)=O. The minimum absolute atomic E-state index is 0.205. The highest BCUT2D eigenvalue weighted by atomic mass is 35.5. The van der Waals surface area contributed by atoms with E-state index in [9.17, 15) is 13.2 Å². The van der Waals surface area contributed by atoms with Gasteiger partial charge in [-0.05, 0) is 36.4 Å². The van der Waals surface area contributed by atoms with E-state index in [1.807, 2.05) is 0 Å². The van der Waals surface area contributed by atoms with Crippen molar-refractivity contribution in [1.82, 2.24) is 0 Å². The maximum absolute atomic E-state index is 12.4. The summed E-state index contributed by atoms with van der Waals surface area (Å²) in [6, 6.07) is 8.97. The summed E-state index contributed by atoms with van der Waals surface area (Å²) in [5.41, 5.74) is 0.863. The zero-order chi connectivity index (χ0) is 18.1. The molecule has 128 valence electrons. The molecular weight excluding hydrogens is 395 g/mol. The molecule has 0 aliphatic carbocycles. The summed E-state index contributed by atoms with van der Waals surface area (Å²) in [7, 11) is -2.15. The highest BCUT2D eigenvalue weighted by molar-refractivity contribution is 7.92. The van der Waals surface area contributed by atoms with Gasteiger partial charge in [-0.15, -0.1) is 0 Å². The standard InChI is InChI=1S/C15H13Cl3N2O3S/c1-20(24(2,22)23)14-5-9(3-4-13(14)18)15(21)19-12-7-10(16)6-11(17)8-12/h3-8H,1-2H3,(H,19,21). The normalized spacial score (nSPS) is 11.2. The van der Waals surface area contributed by atoms with Crippen molar-refractivity contribution in [3.63, 3.8) is 0 Å². The Hall–Kier alpha value is -1.47. The Morgan fingerprint density at radius 2 is 1.62 bits per heavy atom. The number of nitrogens with one attached hydrogen (secondary N) is 1. The van der Waals surface area contributed by atoms with Crippen molar-refractivity contribution in [1.29, 1.82) is 0 Å². The third kappa shape index (κ3) is 4.54. The Kier molecular flexibility index (Phi) is 5.65. The van der Waals surface area contributed by atoms with E-state index in [2.05, 4.69) is 5.32 Å². The predicted molar refractivity (Wildman–Crippen MR) is 99.1 cm³/mol. The van der Waals surface area contributed by atoms with Gasteiger partial charge in [0.05, 0.1) is 17.0 Å². The molecule has 0 aliphatic heterocycles. The fraction of sp³-hybridized carbons (Fsp3) is 0.133. The number of halogens is 3. The van der Waals surface area contributed by atoms with Crippen molar-refractivity contribution in [3.05, 3.63) is 57.0 Å². The predicted octanol–water partition coefficient (Wildman–Crippen LogP) is 4.29. The van der Waals surface area contributed by atoms with Gasteiger partial charge in [-0.1, -0.05) is 34.8 Å². The molecule has 0 unspecified atom stereocenters. The lowest BCUT2D eigenvalue weighted by Gasteiger charge is -2.18. The van der Waals surface area contributed by atoms with Crippen molar-refractivity contribution in [3.8, 4) is 0 Å². The molecule has 0 radical (unpaired) electrons. The van der Waals surface area contributed by atoms with E-state index < -0.39 is 15.9 Å². The Morgan fingerprint density at radius 1 is 1.04 bits per heavy atom. The Balaban J connectivity index is 2.33. The Labute approximate surface area is 155 Å². The number of sulfonamides is 1. The van der Waals surface area contributed by atoms with Gasteiger partial charge in [0.15, 0.2) is 0 Å². The molecule has 0 atom stereocenters. The molecule has 0 bridgehead atoms. The summed E-state index contributed by atoms with van der Waals surface area (Å²) in [6.45, 7) is 0. The molecule has 2 aromatic carbocycles. The van der Waals surface area contributed by atoms with Crippen molar-refractivity contribution in [2.45, 2.75) is 0 Å². The number of hydrogen-bond acceptors (Lipinski definition) is 3. The van der Waals surface area contributed by atoms with Crippen LogP contribution < -0.4 is 9.62 Å². The minimum Gasteiger partial charge on any atom is -0.322 e. The van der Waals surface area contributed by atoms with Gasteiger partial charge in [-0.2, -0.15) is 0 Å². The molecule has 0 saturated carbocycles. The van der Waals surface area contributed by atoms with Crippen LogP contribution in [-0.2, 0) is 10.0 Å². The smallest absolute Gasteiger partial charge is 0.255 e. The number of carbonyl (C=O) groups is 1. The van der Waals surface area contributed by atoms with E-state index >= 15 is 0 Å². The number of rotatable bonds is 4. The van der Waals surface area contributed by atoms with Crippen LogP contribution >= 0.6 is 34.8 Å². The molecule has 1 amide bonds. The van der Waals surface area contributed by atoms with Crippen LogP contribution in [0.5, 0.6) is 0 Å². The highest BCUT2D eigenvalue weighted by Gasteiger charge is 2.17. The molecule has 0 aliphatic rings. The van der Waals surface area contributed by atoms with Crippen LogP contribution in [0.25, 0.3) is 0 Å². The van der Waals surface area contributed by atoms with Crippen LogP contribution in [0, 0.1) is 0 Å². The lowest BCUT2D eigenvalue weighted by molar-refractivity contribution is 0.102. The van der Waals surface area contributed by atoms with Gasteiger partial charge >= 0.3 is 0 Å². The summed E-state index contributed by atoms with van der Waals surface area (Å²) < 4.78 is 24.3. The van der Waals surface area contributed by atoms with Gasteiger partial charge in [0, 0.05) is 28.3 Å². The third-order valence-corrected chi connectivity index (χ3v) is 5.11.